The van der Waals surface area contributed by atoms with E-state index in [0.29, 0.717) is 6.42 Å². The number of ether oxygens (including phenoxy) is 1. The van der Waals surface area contributed by atoms with Crippen LogP contribution < -0.4 is 0 Å². The minimum Gasteiger partial charge on any atom is -0.365 e. The molecule has 78 valence electrons. The molecule has 0 radical (unpaired) electrons. The molecule has 1 aliphatic heterocycles. The van der Waals surface area contributed by atoms with E-state index in [9.17, 15) is 9.90 Å². The zero-order valence-corrected chi connectivity index (χ0v) is 8.17. The molecule has 0 saturated heterocycles. The maximum atomic E-state index is 11.4. The highest BCUT2D eigenvalue weighted by molar-refractivity contribution is 5.94. The third kappa shape index (κ3) is 2.52. The molecule has 2 rings (SSSR count). The summed E-state index contributed by atoms with van der Waals surface area (Å²) in [6.45, 7) is 0. The van der Waals surface area contributed by atoms with Crippen LogP contribution in [0.2, 0.25) is 0 Å². The fraction of sp³-hybridized carbons (Fsp3) is 0.250. The fourth-order valence-corrected chi connectivity index (χ4v) is 1.54. The van der Waals surface area contributed by atoms with Crippen molar-refractivity contribution in [3.8, 4) is 0 Å². The highest BCUT2D eigenvalue weighted by Crippen LogP contribution is 2.13. The van der Waals surface area contributed by atoms with Crippen molar-refractivity contribution in [2.24, 2.45) is 0 Å². The number of benzene rings is 1. The first kappa shape index (κ1) is 10.1. The predicted octanol–water partition coefficient (Wildman–Crippen LogP) is 1.07. The van der Waals surface area contributed by atoms with Gasteiger partial charge >= 0.3 is 0 Å². The minimum absolute atomic E-state index is 0.0934. The number of carbonyl (C=O) groups is 1. The van der Waals surface area contributed by atoms with Gasteiger partial charge in [0.05, 0.1) is 0 Å². The van der Waals surface area contributed by atoms with Crippen LogP contribution in [-0.2, 0) is 16.0 Å². The number of hydrogen-bond donors (Lipinski definition) is 1. The van der Waals surface area contributed by atoms with E-state index in [0.717, 1.165) is 5.56 Å². The number of aliphatic hydroxyl groups is 1. The quantitative estimate of drug-likeness (QED) is 0.783. The van der Waals surface area contributed by atoms with E-state index in [-0.39, 0.29) is 5.78 Å². The minimum atomic E-state index is -0.962. The number of hydrogen-bond acceptors (Lipinski definition) is 3. The molecule has 3 nitrogen and oxygen atoms in total. The summed E-state index contributed by atoms with van der Waals surface area (Å²) in [6.07, 6.45) is 1.70. The second-order valence-corrected chi connectivity index (χ2v) is 3.47. The average Bonchev–Trinajstić information content (AvgIpc) is 2.25. The first-order valence-electron chi connectivity index (χ1n) is 4.85. The van der Waals surface area contributed by atoms with Gasteiger partial charge < -0.3 is 9.84 Å². The number of carbonyl (C=O) groups excluding carboxylic acids is 1. The van der Waals surface area contributed by atoms with Gasteiger partial charge in [0.25, 0.3) is 0 Å². The van der Waals surface area contributed by atoms with Crippen molar-refractivity contribution in [3.63, 3.8) is 0 Å². The van der Waals surface area contributed by atoms with Crippen LogP contribution in [0.5, 0.6) is 0 Å². The molecule has 1 heterocycles. The van der Waals surface area contributed by atoms with Crippen molar-refractivity contribution >= 4 is 5.78 Å². The van der Waals surface area contributed by atoms with Crippen LogP contribution in [0.3, 0.4) is 0 Å². The highest BCUT2D eigenvalue weighted by Gasteiger charge is 2.23. The van der Waals surface area contributed by atoms with Crippen LogP contribution in [-0.4, -0.2) is 23.3 Å². The van der Waals surface area contributed by atoms with Crippen LogP contribution in [0.15, 0.2) is 42.5 Å². The molecule has 0 bridgehead atoms. The summed E-state index contributed by atoms with van der Waals surface area (Å²) in [5.74, 6) is -0.0934. The Balaban J connectivity index is 2.07. The molecule has 1 aromatic rings. The molecule has 2 atom stereocenters. The van der Waals surface area contributed by atoms with E-state index in [1.54, 1.807) is 0 Å². The zero-order valence-electron chi connectivity index (χ0n) is 8.17. The van der Waals surface area contributed by atoms with E-state index in [1.165, 1.54) is 12.2 Å². The Morgan fingerprint density at radius 2 is 2.00 bits per heavy atom. The first-order chi connectivity index (χ1) is 7.25. The molecule has 0 unspecified atom stereocenters. The molecule has 1 aromatic carbocycles. The lowest BCUT2D eigenvalue weighted by Crippen LogP contribution is -2.33. The largest absolute Gasteiger partial charge is 0.365 e. The molecule has 0 spiro atoms. The zero-order chi connectivity index (χ0) is 10.7. The lowest BCUT2D eigenvalue weighted by molar-refractivity contribution is -0.147. The van der Waals surface area contributed by atoms with E-state index >= 15 is 0 Å². The van der Waals surface area contributed by atoms with Gasteiger partial charge in [-0.15, -0.1) is 0 Å². The Hall–Kier alpha value is -1.45. The SMILES string of the molecule is O=C1C=C[C@@H](O)O[C@H]1Cc1ccccc1. The van der Waals surface area contributed by atoms with Gasteiger partial charge in [-0.3, -0.25) is 4.79 Å². The van der Waals surface area contributed by atoms with Crippen molar-refractivity contribution in [1.82, 2.24) is 0 Å². The van der Waals surface area contributed by atoms with Gasteiger partial charge in [-0.2, -0.15) is 0 Å². The predicted molar refractivity (Wildman–Crippen MR) is 55.2 cm³/mol. The van der Waals surface area contributed by atoms with E-state index < -0.39 is 12.4 Å². The van der Waals surface area contributed by atoms with Gasteiger partial charge in [0.1, 0.15) is 6.10 Å². The molecular weight excluding hydrogens is 192 g/mol. The molecule has 0 saturated carbocycles. The first-order valence-corrected chi connectivity index (χ1v) is 4.85. The molecule has 15 heavy (non-hydrogen) atoms. The van der Waals surface area contributed by atoms with Crippen LogP contribution in [0.25, 0.3) is 0 Å². The second-order valence-electron chi connectivity index (χ2n) is 3.47. The third-order valence-corrected chi connectivity index (χ3v) is 2.31. The summed E-state index contributed by atoms with van der Waals surface area (Å²) in [7, 11) is 0. The van der Waals surface area contributed by atoms with Crippen LogP contribution >= 0.6 is 0 Å². The Labute approximate surface area is 88.0 Å². The summed E-state index contributed by atoms with van der Waals surface area (Å²) in [5, 5.41) is 9.21. The standard InChI is InChI=1S/C12H12O3/c13-10-6-7-12(14)15-11(10)8-9-4-2-1-3-5-9/h1-7,11-12,14H,8H2/t11-,12-/m0/s1. The highest BCUT2D eigenvalue weighted by atomic mass is 16.6. The summed E-state index contributed by atoms with van der Waals surface area (Å²) >= 11 is 0. The summed E-state index contributed by atoms with van der Waals surface area (Å²) in [6, 6.07) is 9.61. The van der Waals surface area contributed by atoms with Gasteiger partial charge in [0.15, 0.2) is 12.1 Å². The van der Waals surface area contributed by atoms with Gasteiger partial charge in [-0.25, -0.2) is 0 Å². The Morgan fingerprint density at radius 1 is 1.27 bits per heavy atom. The summed E-state index contributed by atoms with van der Waals surface area (Å²) in [4.78, 5) is 11.4. The van der Waals surface area contributed by atoms with Crippen LogP contribution in [0.1, 0.15) is 5.56 Å². The molecule has 1 aliphatic rings. The van der Waals surface area contributed by atoms with Gasteiger partial charge in [-0.1, -0.05) is 30.3 Å². The Kier molecular flexibility index (Phi) is 2.94. The van der Waals surface area contributed by atoms with Crippen molar-refractivity contribution in [3.05, 3.63) is 48.0 Å². The van der Waals surface area contributed by atoms with E-state index in [1.807, 2.05) is 30.3 Å². The van der Waals surface area contributed by atoms with Gasteiger partial charge in [-0.05, 0) is 17.7 Å². The molecule has 0 aliphatic carbocycles. The summed E-state index contributed by atoms with van der Waals surface area (Å²) < 4.78 is 5.12. The number of aliphatic hydroxyl groups excluding tert-OH is 1. The maximum Gasteiger partial charge on any atom is 0.184 e. The van der Waals surface area contributed by atoms with E-state index in [4.69, 9.17) is 4.74 Å². The van der Waals surface area contributed by atoms with Crippen molar-refractivity contribution < 1.29 is 14.6 Å². The molecular formula is C12H12O3. The van der Waals surface area contributed by atoms with Crippen molar-refractivity contribution in [1.29, 1.82) is 0 Å². The lowest BCUT2D eigenvalue weighted by atomic mass is 10.0. The maximum absolute atomic E-state index is 11.4. The smallest absolute Gasteiger partial charge is 0.184 e. The average molecular weight is 204 g/mol. The van der Waals surface area contributed by atoms with Crippen molar-refractivity contribution in [2.45, 2.75) is 18.8 Å². The fourth-order valence-electron chi connectivity index (χ4n) is 1.54. The molecule has 0 amide bonds. The lowest BCUT2D eigenvalue weighted by Gasteiger charge is -2.21. The topological polar surface area (TPSA) is 46.5 Å². The molecule has 1 N–H and O–H groups in total. The Bertz CT molecular complexity index is 370. The summed E-state index contributed by atoms with van der Waals surface area (Å²) in [5.41, 5.74) is 1.03. The second kappa shape index (κ2) is 4.38. The third-order valence-electron chi connectivity index (χ3n) is 2.31. The Morgan fingerprint density at radius 3 is 2.73 bits per heavy atom. The molecule has 0 fully saturated rings. The van der Waals surface area contributed by atoms with Gasteiger partial charge in [0, 0.05) is 6.42 Å². The van der Waals surface area contributed by atoms with Crippen molar-refractivity contribution in [2.75, 3.05) is 0 Å². The van der Waals surface area contributed by atoms with Crippen LogP contribution in [0, 0.1) is 0 Å². The molecule has 0 aromatic heterocycles. The van der Waals surface area contributed by atoms with Gasteiger partial charge in [0.2, 0.25) is 0 Å². The van der Waals surface area contributed by atoms with E-state index in [2.05, 4.69) is 0 Å². The molecule has 3 heteroatoms. The number of ketones is 1. The monoisotopic (exact) mass is 204 g/mol. The number of rotatable bonds is 2. The normalized spacial score (nSPS) is 25.5. The van der Waals surface area contributed by atoms with Crippen LogP contribution in [0.4, 0.5) is 0 Å².